The third kappa shape index (κ3) is 2.82. The summed E-state index contributed by atoms with van der Waals surface area (Å²) in [6.45, 7) is 4.14. The van der Waals surface area contributed by atoms with Crippen molar-refractivity contribution in [3.8, 4) is 0 Å². The quantitative estimate of drug-likeness (QED) is 0.837. The van der Waals surface area contributed by atoms with Crippen LogP contribution in [0.1, 0.15) is 19.8 Å². The summed E-state index contributed by atoms with van der Waals surface area (Å²) in [6, 6.07) is 0.305. The second kappa shape index (κ2) is 5.27. The van der Waals surface area contributed by atoms with Gasteiger partial charge in [-0.3, -0.25) is 0 Å². The number of halogens is 1. The smallest absolute Gasteiger partial charge is 0.225 e. The molecule has 0 bridgehead atoms. The van der Waals surface area contributed by atoms with Gasteiger partial charge in [0.05, 0.1) is 0 Å². The van der Waals surface area contributed by atoms with Crippen LogP contribution in [0.3, 0.4) is 0 Å². The van der Waals surface area contributed by atoms with Crippen molar-refractivity contribution in [3.05, 3.63) is 16.0 Å². The van der Waals surface area contributed by atoms with Crippen molar-refractivity contribution in [1.82, 2.24) is 9.97 Å². The fourth-order valence-electron chi connectivity index (χ4n) is 2.09. The van der Waals surface area contributed by atoms with E-state index in [1.165, 1.54) is 0 Å². The van der Waals surface area contributed by atoms with E-state index in [4.69, 9.17) is 5.73 Å². The predicted octanol–water partition coefficient (Wildman–Crippen LogP) is 1.64. The molecular formula is C11H17IN4. The summed E-state index contributed by atoms with van der Waals surface area (Å²) in [5.41, 5.74) is 5.92. The Morgan fingerprint density at radius 1 is 1.38 bits per heavy atom. The van der Waals surface area contributed by atoms with E-state index in [0.29, 0.717) is 12.0 Å². The molecule has 88 valence electrons. The second-order valence-electron chi connectivity index (χ2n) is 4.38. The topological polar surface area (TPSA) is 55.0 Å². The van der Waals surface area contributed by atoms with E-state index in [9.17, 15) is 0 Å². The lowest BCUT2D eigenvalue weighted by molar-refractivity contribution is 0.352. The lowest BCUT2D eigenvalue weighted by atomic mass is 9.91. The molecule has 2 rings (SSSR count). The highest BCUT2D eigenvalue weighted by Gasteiger charge is 2.22. The molecular weight excluding hydrogens is 315 g/mol. The van der Waals surface area contributed by atoms with Gasteiger partial charge < -0.3 is 10.6 Å². The highest BCUT2D eigenvalue weighted by Crippen LogP contribution is 2.22. The van der Waals surface area contributed by atoms with Gasteiger partial charge in [0.2, 0.25) is 5.95 Å². The summed E-state index contributed by atoms with van der Waals surface area (Å²) in [6.07, 6.45) is 6.01. The van der Waals surface area contributed by atoms with Crippen LogP contribution in [0.5, 0.6) is 0 Å². The Kier molecular flexibility index (Phi) is 3.96. The lowest BCUT2D eigenvalue weighted by Gasteiger charge is -2.33. The number of hydrogen-bond donors (Lipinski definition) is 1. The molecule has 1 aromatic rings. The van der Waals surface area contributed by atoms with Gasteiger partial charge in [0, 0.05) is 35.1 Å². The molecule has 1 fully saturated rings. The van der Waals surface area contributed by atoms with E-state index < -0.39 is 0 Å². The van der Waals surface area contributed by atoms with Gasteiger partial charge in [-0.25, -0.2) is 9.97 Å². The first-order valence-corrected chi connectivity index (χ1v) is 6.73. The average Bonchev–Trinajstić information content (AvgIpc) is 2.30. The van der Waals surface area contributed by atoms with Crippen LogP contribution in [-0.4, -0.2) is 29.1 Å². The monoisotopic (exact) mass is 332 g/mol. The van der Waals surface area contributed by atoms with Crippen LogP contribution in [0.4, 0.5) is 5.95 Å². The van der Waals surface area contributed by atoms with Crippen LogP contribution < -0.4 is 10.6 Å². The first-order chi connectivity index (χ1) is 7.66. The minimum absolute atomic E-state index is 0.305. The van der Waals surface area contributed by atoms with Gasteiger partial charge >= 0.3 is 0 Å². The molecule has 1 aromatic heterocycles. The normalized spacial score (nSPS) is 19.8. The summed E-state index contributed by atoms with van der Waals surface area (Å²) >= 11 is 2.22. The van der Waals surface area contributed by atoms with Gasteiger partial charge in [0.15, 0.2) is 0 Å². The van der Waals surface area contributed by atoms with Gasteiger partial charge in [-0.05, 0) is 48.3 Å². The molecule has 2 heterocycles. The molecule has 1 unspecified atom stereocenters. The average molecular weight is 332 g/mol. The van der Waals surface area contributed by atoms with Crippen molar-refractivity contribution in [3.63, 3.8) is 0 Å². The van der Waals surface area contributed by atoms with Crippen LogP contribution in [0.15, 0.2) is 12.4 Å². The summed E-state index contributed by atoms with van der Waals surface area (Å²) in [7, 11) is 0. The van der Waals surface area contributed by atoms with Crippen molar-refractivity contribution >= 4 is 28.5 Å². The molecule has 5 heteroatoms. The first kappa shape index (κ1) is 12.0. The molecule has 0 aromatic carbocycles. The minimum atomic E-state index is 0.305. The summed E-state index contributed by atoms with van der Waals surface area (Å²) in [4.78, 5) is 10.9. The molecule has 16 heavy (non-hydrogen) atoms. The predicted molar refractivity (Wildman–Crippen MR) is 73.3 cm³/mol. The molecule has 4 nitrogen and oxygen atoms in total. The van der Waals surface area contributed by atoms with Gasteiger partial charge in [-0.2, -0.15) is 0 Å². The van der Waals surface area contributed by atoms with Crippen molar-refractivity contribution in [2.45, 2.75) is 25.8 Å². The summed E-state index contributed by atoms with van der Waals surface area (Å²) in [5, 5.41) is 0. The van der Waals surface area contributed by atoms with Gasteiger partial charge in [0.25, 0.3) is 0 Å². The van der Waals surface area contributed by atoms with Crippen molar-refractivity contribution in [1.29, 1.82) is 0 Å². The fraction of sp³-hybridized carbons (Fsp3) is 0.636. The third-order valence-corrected chi connectivity index (χ3v) is 3.73. The highest BCUT2D eigenvalue weighted by atomic mass is 127. The lowest BCUT2D eigenvalue weighted by Crippen LogP contribution is -2.40. The zero-order chi connectivity index (χ0) is 11.5. The molecule has 1 atom stereocenters. The maximum absolute atomic E-state index is 5.92. The molecule has 1 aliphatic heterocycles. The number of piperidine rings is 1. The Balaban J connectivity index is 1.96. The number of aromatic nitrogens is 2. The first-order valence-electron chi connectivity index (χ1n) is 5.65. The standard InChI is InChI=1S/C11H17IN4/c1-8(13)9-2-4-16(5-3-9)11-14-6-10(12)7-15-11/h6-9H,2-5,13H2,1H3. The van der Waals surface area contributed by atoms with Crippen LogP contribution in [0, 0.1) is 9.49 Å². The highest BCUT2D eigenvalue weighted by molar-refractivity contribution is 14.1. The Morgan fingerprint density at radius 3 is 2.44 bits per heavy atom. The second-order valence-corrected chi connectivity index (χ2v) is 5.63. The van der Waals surface area contributed by atoms with Gasteiger partial charge in [-0.15, -0.1) is 0 Å². The molecule has 1 saturated heterocycles. The molecule has 0 amide bonds. The van der Waals surface area contributed by atoms with Crippen LogP contribution in [0.2, 0.25) is 0 Å². The Labute approximate surface area is 110 Å². The van der Waals surface area contributed by atoms with E-state index in [2.05, 4.69) is 44.4 Å². The van der Waals surface area contributed by atoms with Crippen LogP contribution in [-0.2, 0) is 0 Å². The Morgan fingerprint density at radius 2 is 1.94 bits per heavy atom. The molecule has 2 N–H and O–H groups in total. The van der Waals surface area contributed by atoms with Crippen molar-refractivity contribution < 1.29 is 0 Å². The van der Waals surface area contributed by atoms with Gasteiger partial charge in [-0.1, -0.05) is 0 Å². The molecule has 0 radical (unpaired) electrons. The maximum atomic E-state index is 5.92. The number of nitrogens with zero attached hydrogens (tertiary/aromatic N) is 3. The van der Waals surface area contributed by atoms with E-state index in [-0.39, 0.29) is 0 Å². The zero-order valence-electron chi connectivity index (χ0n) is 9.43. The molecule has 0 spiro atoms. The Hall–Kier alpha value is -0.430. The molecule has 0 saturated carbocycles. The van der Waals surface area contributed by atoms with Crippen LogP contribution >= 0.6 is 22.6 Å². The Bertz CT molecular complexity index is 330. The van der Waals surface area contributed by atoms with E-state index in [0.717, 1.165) is 35.4 Å². The minimum Gasteiger partial charge on any atom is -0.341 e. The number of rotatable bonds is 2. The van der Waals surface area contributed by atoms with Crippen molar-refractivity contribution in [2.24, 2.45) is 11.7 Å². The number of nitrogens with two attached hydrogens (primary N) is 1. The van der Waals surface area contributed by atoms with E-state index in [1.807, 2.05) is 12.4 Å². The summed E-state index contributed by atoms with van der Waals surface area (Å²) < 4.78 is 1.08. The zero-order valence-corrected chi connectivity index (χ0v) is 11.6. The van der Waals surface area contributed by atoms with Crippen LogP contribution in [0.25, 0.3) is 0 Å². The molecule has 1 aliphatic rings. The SMILES string of the molecule is CC(N)C1CCN(c2ncc(I)cn2)CC1. The van der Waals surface area contributed by atoms with E-state index in [1.54, 1.807) is 0 Å². The van der Waals surface area contributed by atoms with Gasteiger partial charge in [0.1, 0.15) is 0 Å². The van der Waals surface area contributed by atoms with E-state index >= 15 is 0 Å². The third-order valence-electron chi connectivity index (χ3n) is 3.17. The largest absolute Gasteiger partial charge is 0.341 e. The fourth-order valence-corrected chi connectivity index (χ4v) is 2.37. The molecule has 0 aliphatic carbocycles. The summed E-state index contributed by atoms with van der Waals surface area (Å²) in [5.74, 6) is 1.50. The maximum Gasteiger partial charge on any atom is 0.225 e. The number of anilines is 1. The van der Waals surface area contributed by atoms with Crippen molar-refractivity contribution in [2.75, 3.05) is 18.0 Å². The number of hydrogen-bond acceptors (Lipinski definition) is 4.